The second-order valence-corrected chi connectivity index (χ2v) is 6.38. The fraction of sp³-hybridized carbons (Fsp3) is 0.350. The number of piperazine rings is 1. The Balaban J connectivity index is 0.00000169. The van der Waals surface area contributed by atoms with Crippen molar-refractivity contribution in [2.75, 3.05) is 32.7 Å². The molecule has 1 saturated heterocycles. The Bertz CT molecular complexity index is 677. The standard InChI is InChI=1S/C20H23FN2O.2ClH/c21-19-8-4-7-18(13-19)14-20(24)16-23-11-9-22(10-12-23)15-17-5-2-1-3-6-17;;/h1-8,13H,9-12,14-16H2;2*1H. The maximum absolute atomic E-state index is 13.2. The Morgan fingerprint density at radius 3 is 2.12 bits per heavy atom. The van der Waals surface area contributed by atoms with Crippen molar-refractivity contribution in [3.05, 3.63) is 71.5 Å². The quantitative estimate of drug-likeness (QED) is 0.742. The Labute approximate surface area is 167 Å². The normalized spacial score (nSPS) is 15.0. The summed E-state index contributed by atoms with van der Waals surface area (Å²) in [6.07, 6.45) is 0.308. The van der Waals surface area contributed by atoms with Gasteiger partial charge in [-0.15, -0.1) is 24.8 Å². The minimum atomic E-state index is -0.283. The highest BCUT2D eigenvalue weighted by atomic mass is 35.5. The van der Waals surface area contributed by atoms with Gasteiger partial charge in [-0.1, -0.05) is 42.5 Å². The molecule has 3 rings (SSSR count). The Morgan fingerprint density at radius 2 is 1.46 bits per heavy atom. The van der Waals surface area contributed by atoms with Gasteiger partial charge >= 0.3 is 0 Å². The predicted octanol–water partition coefficient (Wildman–Crippen LogP) is 3.60. The molecular formula is C20H25Cl2FN2O. The van der Waals surface area contributed by atoms with Gasteiger partial charge in [0.1, 0.15) is 5.82 Å². The molecule has 0 saturated carbocycles. The first-order chi connectivity index (χ1) is 11.7. The fourth-order valence-electron chi connectivity index (χ4n) is 3.13. The van der Waals surface area contributed by atoms with E-state index in [1.807, 2.05) is 6.07 Å². The van der Waals surface area contributed by atoms with E-state index in [0.29, 0.717) is 13.0 Å². The van der Waals surface area contributed by atoms with E-state index in [-0.39, 0.29) is 36.4 Å². The van der Waals surface area contributed by atoms with Crippen molar-refractivity contribution in [1.29, 1.82) is 0 Å². The number of rotatable bonds is 6. The minimum Gasteiger partial charge on any atom is -0.298 e. The number of carbonyl (C=O) groups excluding carboxylic acids is 1. The van der Waals surface area contributed by atoms with Gasteiger partial charge in [-0.3, -0.25) is 14.6 Å². The van der Waals surface area contributed by atoms with Crippen molar-refractivity contribution in [3.8, 4) is 0 Å². The third kappa shape index (κ3) is 7.04. The summed E-state index contributed by atoms with van der Waals surface area (Å²) in [5.74, 6) is -0.132. The van der Waals surface area contributed by atoms with E-state index in [4.69, 9.17) is 0 Å². The van der Waals surface area contributed by atoms with Gasteiger partial charge < -0.3 is 0 Å². The zero-order chi connectivity index (χ0) is 16.8. The van der Waals surface area contributed by atoms with Gasteiger partial charge in [0, 0.05) is 39.1 Å². The summed E-state index contributed by atoms with van der Waals surface area (Å²) < 4.78 is 13.2. The van der Waals surface area contributed by atoms with E-state index in [1.165, 1.54) is 17.7 Å². The summed E-state index contributed by atoms with van der Waals surface area (Å²) >= 11 is 0. The highest BCUT2D eigenvalue weighted by molar-refractivity contribution is 5.85. The summed E-state index contributed by atoms with van der Waals surface area (Å²) in [6.45, 7) is 5.18. The fourth-order valence-corrected chi connectivity index (χ4v) is 3.13. The number of carbonyl (C=O) groups is 1. The molecule has 0 amide bonds. The molecule has 2 aromatic rings. The number of benzene rings is 2. The number of nitrogens with zero attached hydrogens (tertiary/aromatic N) is 2. The molecule has 3 nitrogen and oxygen atoms in total. The van der Waals surface area contributed by atoms with Crippen LogP contribution in [0.4, 0.5) is 4.39 Å². The van der Waals surface area contributed by atoms with Crippen molar-refractivity contribution < 1.29 is 9.18 Å². The van der Waals surface area contributed by atoms with Crippen LogP contribution in [0, 0.1) is 5.82 Å². The molecule has 0 aromatic heterocycles. The van der Waals surface area contributed by atoms with Crippen LogP contribution in [0.3, 0.4) is 0 Å². The van der Waals surface area contributed by atoms with Crippen molar-refractivity contribution in [1.82, 2.24) is 9.80 Å². The molecule has 1 fully saturated rings. The van der Waals surface area contributed by atoms with E-state index < -0.39 is 0 Å². The second kappa shape index (κ2) is 11.3. The average molecular weight is 399 g/mol. The van der Waals surface area contributed by atoms with Crippen LogP contribution < -0.4 is 0 Å². The van der Waals surface area contributed by atoms with Crippen LogP contribution in [0.25, 0.3) is 0 Å². The highest BCUT2D eigenvalue weighted by Gasteiger charge is 2.19. The van der Waals surface area contributed by atoms with Crippen LogP contribution in [0.5, 0.6) is 0 Å². The van der Waals surface area contributed by atoms with E-state index >= 15 is 0 Å². The lowest BCUT2D eigenvalue weighted by Crippen LogP contribution is -2.47. The molecule has 1 aliphatic rings. The highest BCUT2D eigenvalue weighted by Crippen LogP contribution is 2.09. The van der Waals surface area contributed by atoms with E-state index in [2.05, 4.69) is 34.1 Å². The first-order valence-corrected chi connectivity index (χ1v) is 8.44. The van der Waals surface area contributed by atoms with Gasteiger partial charge in [0.05, 0.1) is 6.54 Å². The Kier molecular flexibility index (Phi) is 9.81. The molecule has 0 atom stereocenters. The number of hydrogen-bond donors (Lipinski definition) is 0. The summed E-state index contributed by atoms with van der Waals surface area (Å²) in [6, 6.07) is 16.8. The van der Waals surface area contributed by atoms with Crippen LogP contribution in [-0.2, 0) is 17.8 Å². The first kappa shape index (κ1) is 22.6. The second-order valence-electron chi connectivity index (χ2n) is 6.38. The van der Waals surface area contributed by atoms with E-state index in [9.17, 15) is 9.18 Å². The van der Waals surface area contributed by atoms with Gasteiger partial charge in [0.15, 0.2) is 5.78 Å². The SMILES string of the molecule is Cl.Cl.O=C(Cc1cccc(F)c1)CN1CCN(Cc2ccccc2)CC1. The van der Waals surface area contributed by atoms with E-state index in [1.54, 1.807) is 12.1 Å². The van der Waals surface area contributed by atoms with Gasteiger partial charge in [0.2, 0.25) is 0 Å². The molecule has 142 valence electrons. The lowest BCUT2D eigenvalue weighted by Gasteiger charge is -2.34. The topological polar surface area (TPSA) is 23.6 Å². The van der Waals surface area contributed by atoms with Gasteiger partial charge in [-0.25, -0.2) is 4.39 Å². The minimum absolute atomic E-state index is 0. The van der Waals surface area contributed by atoms with Crippen LogP contribution in [-0.4, -0.2) is 48.3 Å². The van der Waals surface area contributed by atoms with Crippen molar-refractivity contribution in [2.24, 2.45) is 0 Å². The van der Waals surface area contributed by atoms with E-state index in [0.717, 1.165) is 38.3 Å². The maximum Gasteiger partial charge on any atom is 0.151 e. The lowest BCUT2D eigenvalue weighted by molar-refractivity contribution is -0.120. The summed E-state index contributed by atoms with van der Waals surface area (Å²) in [7, 11) is 0. The average Bonchev–Trinajstić information content (AvgIpc) is 2.57. The Morgan fingerprint density at radius 1 is 0.846 bits per heavy atom. The van der Waals surface area contributed by atoms with Crippen molar-refractivity contribution in [3.63, 3.8) is 0 Å². The van der Waals surface area contributed by atoms with Gasteiger partial charge in [-0.2, -0.15) is 0 Å². The molecular weight excluding hydrogens is 374 g/mol. The molecule has 1 heterocycles. The predicted molar refractivity (Wildman–Crippen MR) is 108 cm³/mol. The monoisotopic (exact) mass is 398 g/mol. The lowest BCUT2D eigenvalue weighted by atomic mass is 10.1. The smallest absolute Gasteiger partial charge is 0.151 e. The number of hydrogen-bond acceptors (Lipinski definition) is 3. The van der Waals surface area contributed by atoms with Gasteiger partial charge in [-0.05, 0) is 23.3 Å². The molecule has 26 heavy (non-hydrogen) atoms. The summed E-state index contributed by atoms with van der Waals surface area (Å²) in [5, 5.41) is 0. The molecule has 0 bridgehead atoms. The molecule has 0 unspecified atom stereocenters. The molecule has 0 N–H and O–H groups in total. The van der Waals surface area contributed by atoms with Crippen LogP contribution in [0.15, 0.2) is 54.6 Å². The summed E-state index contributed by atoms with van der Waals surface area (Å²) in [5.41, 5.74) is 2.08. The zero-order valence-corrected chi connectivity index (χ0v) is 16.3. The van der Waals surface area contributed by atoms with Crippen LogP contribution in [0.1, 0.15) is 11.1 Å². The largest absolute Gasteiger partial charge is 0.298 e. The van der Waals surface area contributed by atoms with Crippen LogP contribution in [0.2, 0.25) is 0 Å². The summed E-state index contributed by atoms with van der Waals surface area (Å²) in [4.78, 5) is 16.8. The number of ketones is 1. The molecule has 0 aliphatic carbocycles. The third-order valence-electron chi connectivity index (χ3n) is 4.40. The molecule has 6 heteroatoms. The molecule has 1 aliphatic heterocycles. The molecule has 2 aromatic carbocycles. The Hall–Kier alpha value is -1.46. The number of halogens is 3. The molecule has 0 spiro atoms. The molecule has 0 radical (unpaired) electrons. The van der Waals surface area contributed by atoms with Gasteiger partial charge in [0.25, 0.3) is 0 Å². The number of Topliss-reactive ketones (excluding diaryl/α,β-unsaturated/α-hetero) is 1. The maximum atomic E-state index is 13.2. The third-order valence-corrected chi connectivity index (χ3v) is 4.40. The first-order valence-electron chi connectivity index (χ1n) is 8.44. The zero-order valence-electron chi connectivity index (χ0n) is 14.6. The van der Waals surface area contributed by atoms with Crippen molar-refractivity contribution in [2.45, 2.75) is 13.0 Å². The van der Waals surface area contributed by atoms with Crippen LogP contribution >= 0.6 is 24.8 Å². The van der Waals surface area contributed by atoms with Crippen molar-refractivity contribution >= 4 is 30.6 Å².